The summed E-state index contributed by atoms with van der Waals surface area (Å²) in [7, 11) is 0. The number of carbonyl (C=O) groups is 1. The van der Waals surface area contributed by atoms with Gasteiger partial charge in [0, 0.05) is 18.7 Å². The first-order chi connectivity index (χ1) is 9.95. The minimum atomic E-state index is -0.134. The highest BCUT2D eigenvalue weighted by Gasteiger charge is 2.07. The lowest BCUT2D eigenvalue weighted by Crippen LogP contribution is -2.08. The van der Waals surface area contributed by atoms with Crippen molar-refractivity contribution in [2.24, 2.45) is 0 Å². The molecule has 2 N–H and O–H groups in total. The zero-order chi connectivity index (χ0) is 15.4. The van der Waals surface area contributed by atoms with E-state index in [0.717, 1.165) is 5.69 Å². The van der Waals surface area contributed by atoms with Crippen molar-refractivity contribution in [3.05, 3.63) is 58.6 Å². The average Bonchev–Trinajstić information content (AvgIpc) is 2.42. The van der Waals surface area contributed by atoms with Crippen LogP contribution < -0.4 is 10.6 Å². The number of halogens is 1. The van der Waals surface area contributed by atoms with E-state index in [-0.39, 0.29) is 11.9 Å². The van der Waals surface area contributed by atoms with Crippen LogP contribution in [0.4, 0.5) is 11.4 Å². The van der Waals surface area contributed by atoms with Crippen molar-refractivity contribution in [2.45, 2.75) is 26.8 Å². The second-order valence-corrected chi connectivity index (χ2v) is 5.56. The monoisotopic (exact) mass is 302 g/mol. The number of aryl methyl sites for hydroxylation is 1. The number of hydrogen-bond acceptors (Lipinski definition) is 2. The Bertz CT molecular complexity index is 638. The number of rotatable bonds is 4. The van der Waals surface area contributed by atoms with Crippen molar-refractivity contribution in [3.8, 4) is 0 Å². The van der Waals surface area contributed by atoms with Crippen LogP contribution in [0.5, 0.6) is 0 Å². The van der Waals surface area contributed by atoms with Crippen LogP contribution in [-0.2, 0) is 4.79 Å². The van der Waals surface area contributed by atoms with Gasteiger partial charge in [-0.3, -0.25) is 4.79 Å². The molecule has 21 heavy (non-hydrogen) atoms. The predicted octanol–water partition coefficient (Wildman–Crippen LogP) is 4.78. The van der Waals surface area contributed by atoms with Gasteiger partial charge < -0.3 is 10.6 Å². The number of hydrogen-bond donors (Lipinski definition) is 2. The van der Waals surface area contributed by atoms with Gasteiger partial charge in [0.15, 0.2) is 0 Å². The molecule has 1 atom stereocenters. The highest BCUT2D eigenvalue weighted by Crippen LogP contribution is 2.27. The highest BCUT2D eigenvalue weighted by atomic mass is 35.5. The molecule has 0 heterocycles. The Morgan fingerprint density at radius 1 is 1.14 bits per heavy atom. The predicted molar refractivity (Wildman–Crippen MR) is 89.0 cm³/mol. The van der Waals surface area contributed by atoms with Crippen molar-refractivity contribution in [1.82, 2.24) is 0 Å². The number of amides is 1. The van der Waals surface area contributed by atoms with E-state index in [1.165, 1.54) is 18.1 Å². The van der Waals surface area contributed by atoms with Gasteiger partial charge >= 0.3 is 0 Å². The van der Waals surface area contributed by atoms with Gasteiger partial charge in [0.2, 0.25) is 5.91 Å². The molecular weight excluding hydrogens is 284 g/mol. The minimum Gasteiger partial charge on any atom is -0.378 e. The Morgan fingerprint density at radius 2 is 1.81 bits per heavy atom. The van der Waals surface area contributed by atoms with E-state index < -0.39 is 0 Å². The molecule has 1 amide bonds. The molecule has 0 radical (unpaired) electrons. The van der Waals surface area contributed by atoms with Gasteiger partial charge in [-0.15, -0.1) is 0 Å². The smallest absolute Gasteiger partial charge is 0.221 e. The van der Waals surface area contributed by atoms with Gasteiger partial charge in [-0.2, -0.15) is 0 Å². The molecule has 2 aromatic carbocycles. The normalized spacial score (nSPS) is 11.8. The first-order valence-corrected chi connectivity index (χ1v) is 7.24. The largest absolute Gasteiger partial charge is 0.378 e. The lowest BCUT2D eigenvalue weighted by molar-refractivity contribution is -0.114. The SMILES string of the molecule is CC(=O)Nc1ccc(NC(C)c2ccc(C)cc2)cc1Cl. The summed E-state index contributed by atoms with van der Waals surface area (Å²) in [4.78, 5) is 11.1. The van der Waals surface area contributed by atoms with E-state index in [2.05, 4.69) is 48.7 Å². The average molecular weight is 303 g/mol. The molecular formula is C17H19ClN2O. The third kappa shape index (κ3) is 4.23. The fraction of sp³-hybridized carbons (Fsp3) is 0.235. The number of carbonyl (C=O) groups excluding carboxylic acids is 1. The maximum Gasteiger partial charge on any atom is 0.221 e. The molecule has 0 fully saturated rings. The molecule has 3 nitrogen and oxygen atoms in total. The van der Waals surface area contributed by atoms with Gasteiger partial charge in [-0.05, 0) is 37.6 Å². The Balaban J connectivity index is 2.10. The summed E-state index contributed by atoms with van der Waals surface area (Å²) < 4.78 is 0. The summed E-state index contributed by atoms with van der Waals surface area (Å²) in [5, 5.41) is 6.61. The number of benzene rings is 2. The fourth-order valence-corrected chi connectivity index (χ4v) is 2.31. The van der Waals surface area contributed by atoms with Crippen molar-refractivity contribution in [2.75, 3.05) is 10.6 Å². The van der Waals surface area contributed by atoms with E-state index in [1.807, 2.05) is 12.1 Å². The van der Waals surface area contributed by atoms with Crippen LogP contribution in [0, 0.1) is 6.92 Å². The lowest BCUT2D eigenvalue weighted by Gasteiger charge is -2.17. The van der Waals surface area contributed by atoms with Crippen molar-refractivity contribution < 1.29 is 4.79 Å². The lowest BCUT2D eigenvalue weighted by atomic mass is 10.1. The van der Waals surface area contributed by atoms with Crippen LogP contribution in [0.25, 0.3) is 0 Å². The first-order valence-electron chi connectivity index (χ1n) is 6.86. The summed E-state index contributed by atoms with van der Waals surface area (Å²) in [5.41, 5.74) is 4.00. The van der Waals surface area contributed by atoms with Crippen LogP contribution in [-0.4, -0.2) is 5.91 Å². The van der Waals surface area contributed by atoms with E-state index in [4.69, 9.17) is 11.6 Å². The molecule has 1 unspecified atom stereocenters. The molecule has 2 rings (SSSR count). The highest BCUT2D eigenvalue weighted by molar-refractivity contribution is 6.34. The molecule has 4 heteroatoms. The summed E-state index contributed by atoms with van der Waals surface area (Å²) in [5.74, 6) is -0.134. The number of nitrogens with one attached hydrogen (secondary N) is 2. The zero-order valence-corrected chi connectivity index (χ0v) is 13.2. The summed E-state index contributed by atoms with van der Waals surface area (Å²) in [6.45, 7) is 5.63. The summed E-state index contributed by atoms with van der Waals surface area (Å²) in [6, 6.07) is 14.1. The van der Waals surface area contributed by atoms with Crippen LogP contribution in [0.2, 0.25) is 5.02 Å². The maximum absolute atomic E-state index is 11.1. The molecule has 110 valence electrons. The molecule has 2 aromatic rings. The maximum atomic E-state index is 11.1. The van der Waals surface area contributed by atoms with Crippen molar-refractivity contribution in [3.63, 3.8) is 0 Å². The van der Waals surface area contributed by atoms with Crippen molar-refractivity contribution in [1.29, 1.82) is 0 Å². The topological polar surface area (TPSA) is 41.1 Å². The van der Waals surface area contributed by atoms with E-state index in [0.29, 0.717) is 10.7 Å². The molecule has 0 aliphatic carbocycles. The molecule has 0 aliphatic heterocycles. The molecule has 0 saturated heterocycles. The van der Waals surface area contributed by atoms with Gasteiger partial charge in [-0.25, -0.2) is 0 Å². The molecule has 0 aromatic heterocycles. The van der Waals surface area contributed by atoms with Gasteiger partial charge in [0.05, 0.1) is 10.7 Å². The second-order valence-electron chi connectivity index (χ2n) is 5.15. The van der Waals surface area contributed by atoms with E-state index in [1.54, 1.807) is 6.07 Å². The Morgan fingerprint density at radius 3 is 2.38 bits per heavy atom. The molecule has 0 aliphatic rings. The Labute approximate surface area is 130 Å². The molecule has 0 bridgehead atoms. The number of anilines is 2. The summed E-state index contributed by atoms with van der Waals surface area (Å²) in [6.07, 6.45) is 0. The second kappa shape index (κ2) is 6.64. The Hall–Kier alpha value is -2.00. The Kier molecular flexibility index (Phi) is 4.86. The van der Waals surface area contributed by atoms with Gasteiger partial charge in [-0.1, -0.05) is 41.4 Å². The third-order valence-corrected chi connectivity index (χ3v) is 3.55. The van der Waals surface area contributed by atoms with Crippen LogP contribution in [0.15, 0.2) is 42.5 Å². The van der Waals surface area contributed by atoms with Crippen LogP contribution in [0.3, 0.4) is 0 Å². The third-order valence-electron chi connectivity index (χ3n) is 3.24. The van der Waals surface area contributed by atoms with Crippen LogP contribution >= 0.6 is 11.6 Å². The minimum absolute atomic E-state index is 0.134. The van der Waals surface area contributed by atoms with Gasteiger partial charge in [0.25, 0.3) is 0 Å². The van der Waals surface area contributed by atoms with E-state index >= 15 is 0 Å². The quantitative estimate of drug-likeness (QED) is 0.853. The zero-order valence-electron chi connectivity index (χ0n) is 12.4. The fourth-order valence-electron chi connectivity index (χ4n) is 2.08. The first kappa shape index (κ1) is 15.4. The van der Waals surface area contributed by atoms with Gasteiger partial charge in [0.1, 0.15) is 0 Å². The van der Waals surface area contributed by atoms with Crippen molar-refractivity contribution >= 4 is 28.9 Å². The summed E-state index contributed by atoms with van der Waals surface area (Å²) >= 11 is 6.17. The standard InChI is InChI=1S/C17H19ClN2O/c1-11-4-6-14(7-5-11)12(2)19-15-8-9-17(16(18)10-15)20-13(3)21/h4-10,12,19H,1-3H3,(H,20,21). The van der Waals surface area contributed by atoms with E-state index in [9.17, 15) is 4.79 Å². The molecule has 0 saturated carbocycles. The molecule has 0 spiro atoms. The van der Waals surface area contributed by atoms with Crippen LogP contribution in [0.1, 0.15) is 31.0 Å².